The fourth-order valence-electron chi connectivity index (χ4n) is 2.49. The number of amides is 1. The summed E-state index contributed by atoms with van der Waals surface area (Å²) >= 11 is 0. The molecule has 0 fully saturated rings. The van der Waals surface area contributed by atoms with Gasteiger partial charge < -0.3 is 15.2 Å². The van der Waals surface area contributed by atoms with Crippen molar-refractivity contribution >= 4 is 11.9 Å². The molecule has 0 bridgehead atoms. The van der Waals surface area contributed by atoms with Gasteiger partial charge in [-0.15, -0.1) is 0 Å². The highest BCUT2D eigenvalue weighted by molar-refractivity contribution is 5.83. The van der Waals surface area contributed by atoms with Gasteiger partial charge in [-0.05, 0) is 30.2 Å². The molecular formula is C19H20FNO4. The Kier molecular flexibility index (Phi) is 6.65. The van der Waals surface area contributed by atoms with Gasteiger partial charge in [0.15, 0.2) is 6.10 Å². The highest BCUT2D eigenvalue weighted by Gasteiger charge is 2.25. The minimum Gasteiger partial charge on any atom is -0.481 e. The van der Waals surface area contributed by atoms with Crippen LogP contribution in [0.1, 0.15) is 36.6 Å². The quantitative estimate of drug-likeness (QED) is 0.770. The Balaban J connectivity index is 2.21. The third kappa shape index (κ3) is 5.39. The topological polar surface area (TPSA) is 75.6 Å². The van der Waals surface area contributed by atoms with E-state index < -0.39 is 29.8 Å². The van der Waals surface area contributed by atoms with Crippen LogP contribution in [-0.2, 0) is 14.3 Å². The molecule has 0 spiro atoms. The lowest BCUT2D eigenvalue weighted by Crippen LogP contribution is -2.35. The van der Waals surface area contributed by atoms with Gasteiger partial charge in [0.2, 0.25) is 0 Å². The summed E-state index contributed by atoms with van der Waals surface area (Å²) in [5, 5.41) is 11.8. The molecule has 132 valence electrons. The number of halogens is 1. The summed E-state index contributed by atoms with van der Waals surface area (Å²) < 4.78 is 18.6. The van der Waals surface area contributed by atoms with Crippen molar-refractivity contribution in [3.8, 4) is 0 Å². The van der Waals surface area contributed by atoms with Crippen molar-refractivity contribution in [2.45, 2.75) is 25.5 Å². The summed E-state index contributed by atoms with van der Waals surface area (Å²) in [6.07, 6.45) is -1.16. The van der Waals surface area contributed by atoms with Gasteiger partial charge >= 0.3 is 5.97 Å². The van der Waals surface area contributed by atoms with E-state index in [2.05, 4.69) is 5.32 Å². The van der Waals surface area contributed by atoms with E-state index >= 15 is 0 Å². The van der Waals surface area contributed by atoms with Gasteiger partial charge in [-0.25, -0.2) is 4.39 Å². The summed E-state index contributed by atoms with van der Waals surface area (Å²) in [6, 6.07) is 13.6. The van der Waals surface area contributed by atoms with Crippen LogP contribution < -0.4 is 5.32 Å². The summed E-state index contributed by atoms with van der Waals surface area (Å²) in [7, 11) is 0. The first-order valence-corrected chi connectivity index (χ1v) is 7.95. The SMILES string of the molecule is CCOC(C(=O)NC(CC(=O)O)c1ccc(F)cc1)c1ccccc1. The number of ether oxygens (including phenoxy) is 1. The first kappa shape index (κ1) is 18.6. The fourth-order valence-corrected chi connectivity index (χ4v) is 2.49. The van der Waals surface area contributed by atoms with E-state index in [9.17, 15) is 14.0 Å². The van der Waals surface area contributed by atoms with Gasteiger partial charge in [-0.3, -0.25) is 9.59 Å². The molecule has 0 aromatic heterocycles. The van der Waals surface area contributed by atoms with Crippen LogP contribution in [0.15, 0.2) is 54.6 Å². The molecule has 1 amide bonds. The number of hydrogen-bond acceptors (Lipinski definition) is 3. The van der Waals surface area contributed by atoms with Crippen molar-refractivity contribution < 1.29 is 23.8 Å². The zero-order chi connectivity index (χ0) is 18.2. The van der Waals surface area contributed by atoms with Crippen molar-refractivity contribution in [3.05, 3.63) is 71.5 Å². The number of benzene rings is 2. The van der Waals surface area contributed by atoms with Crippen molar-refractivity contribution in [3.63, 3.8) is 0 Å². The van der Waals surface area contributed by atoms with Gasteiger partial charge in [0, 0.05) is 6.61 Å². The monoisotopic (exact) mass is 345 g/mol. The molecule has 2 aromatic carbocycles. The van der Waals surface area contributed by atoms with E-state index in [-0.39, 0.29) is 6.42 Å². The molecule has 5 nitrogen and oxygen atoms in total. The molecule has 2 N–H and O–H groups in total. The van der Waals surface area contributed by atoms with E-state index in [0.29, 0.717) is 17.7 Å². The number of rotatable bonds is 8. The second-order valence-corrected chi connectivity index (χ2v) is 5.46. The summed E-state index contributed by atoms with van der Waals surface area (Å²) in [4.78, 5) is 23.8. The third-order valence-corrected chi connectivity index (χ3v) is 3.64. The van der Waals surface area contributed by atoms with Crippen LogP contribution >= 0.6 is 0 Å². The maximum Gasteiger partial charge on any atom is 0.305 e. The fraction of sp³-hybridized carbons (Fsp3) is 0.263. The molecule has 0 radical (unpaired) electrons. The number of carboxylic acids is 1. The van der Waals surface area contributed by atoms with E-state index in [0.717, 1.165) is 0 Å². The molecule has 2 aromatic rings. The molecule has 0 aliphatic rings. The third-order valence-electron chi connectivity index (χ3n) is 3.64. The largest absolute Gasteiger partial charge is 0.481 e. The molecule has 2 atom stereocenters. The number of aliphatic carboxylic acids is 1. The molecule has 0 saturated heterocycles. The first-order chi connectivity index (χ1) is 12.0. The average molecular weight is 345 g/mol. The maximum atomic E-state index is 13.1. The first-order valence-electron chi connectivity index (χ1n) is 7.95. The lowest BCUT2D eigenvalue weighted by atomic mass is 10.0. The maximum absolute atomic E-state index is 13.1. The Morgan fingerprint density at radius 1 is 1.08 bits per heavy atom. The number of nitrogens with one attached hydrogen (secondary N) is 1. The van der Waals surface area contributed by atoms with Crippen molar-refractivity contribution in [1.82, 2.24) is 5.32 Å². The highest BCUT2D eigenvalue weighted by Crippen LogP contribution is 2.22. The normalized spacial score (nSPS) is 13.0. The van der Waals surface area contributed by atoms with Crippen LogP contribution in [0.25, 0.3) is 0 Å². The van der Waals surface area contributed by atoms with E-state index in [4.69, 9.17) is 9.84 Å². The molecule has 6 heteroatoms. The number of carboxylic acid groups (broad SMARTS) is 1. The van der Waals surface area contributed by atoms with E-state index in [1.807, 2.05) is 6.07 Å². The minimum atomic E-state index is -1.07. The highest BCUT2D eigenvalue weighted by atomic mass is 19.1. The van der Waals surface area contributed by atoms with Crippen LogP contribution in [0.2, 0.25) is 0 Å². The lowest BCUT2D eigenvalue weighted by molar-refractivity contribution is -0.138. The van der Waals surface area contributed by atoms with Gasteiger partial charge in [0.05, 0.1) is 12.5 Å². The second-order valence-electron chi connectivity index (χ2n) is 5.46. The van der Waals surface area contributed by atoms with Gasteiger partial charge in [-0.2, -0.15) is 0 Å². The molecule has 2 unspecified atom stereocenters. The zero-order valence-electron chi connectivity index (χ0n) is 13.8. The molecule has 0 saturated carbocycles. The average Bonchev–Trinajstić information content (AvgIpc) is 2.60. The predicted octanol–water partition coefficient (Wildman–Crippen LogP) is 3.24. The molecule has 2 rings (SSSR count). The van der Waals surface area contributed by atoms with Gasteiger partial charge in [0.1, 0.15) is 5.82 Å². The Morgan fingerprint density at radius 2 is 1.72 bits per heavy atom. The summed E-state index contributed by atoms with van der Waals surface area (Å²) in [5.41, 5.74) is 1.19. The minimum absolute atomic E-state index is 0.314. The van der Waals surface area contributed by atoms with Crippen LogP contribution in [0.3, 0.4) is 0 Å². The molecule has 0 aliphatic carbocycles. The summed E-state index contributed by atoms with van der Waals surface area (Å²) in [6.45, 7) is 2.10. The molecule has 25 heavy (non-hydrogen) atoms. The molecular weight excluding hydrogens is 325 g/mol. The number of hydrogen-bond donors (Lipinski definition) is 2. The van der Waals surface area contributed by atoms with Crippen molar-refractivity contribution in [1.29, 1.82) is 0 Å². The van der Waals surface area contributed by atoms with Gasteiger partial charge in [-0.1, -0.05) is 42.5 Å². The smallest absolute Gasteiger partial charge is 0.305 e. The van der Waals surface area contributed by atoms with E-state index in [1.165, 1.54) is 24.3 Å². The van der Waals surface area contributed by atoms with Crippen LogP contribution in [0.4, 0.5) is 4.39 Å². The summed E-state index contributed by atoms with van der Waals surface area (Å²) in [5.74, 6) is -1.94. The van der Waals surface area contributed by atoms with E-state index in [1.54, 1.807) is 31.2 Å². The van der Waals surface area contributed by atoms with Crippen LogP contribution in [0, 0.1) is 5.82 Å². The van der Waals surface area contributed by atoms with Gasteiger partial charge in [0.25, 0.3) is 5.91 Å². The number of carbonyl (C=O) groups excluding carboxylic acids is 1. The number of carbonyl (C=O) groups is 2. The van der Waals surface area contributed by atoms with Crippen molar-refractivity contribution in [2.75, 3.05) is 6.61 Å². The van der Waals surface area contributed by atoms with Crippen molar-refractivity contribution in [2.24, 2.45) is 0 Å². The second kappa shape index (κ2) is 8.94. The van der Waals surface area contributed by atoms with Crippen LogP contribution in [-0.4, -0.2) is 23.6 Å². The standard InChI is InChI=1S/C19H20FNO4/c1-2-25-18(14-6-4-3-5-7-14)19(24)21-16(12-17(22)23)13-8-10-15(20)11-9-13/h3-11,16,18H,2,12H2,1H3,(H,21,24)(H,22,23). The Morgan fingerprint density at radius 3 is 2.28 bits per heavy atom. The lowest BCUT2D eigenvalue weighted by Gasteiger charge is -2.22. The van der Waals surface area contributed by atoms with Crippen LogP contribution in [0.5, 0.6) is 0 Å². The Bertz CT molecular complexity index is 703. The Labute approximate surface area is 145 Å². The zero-order valence-corrected chi connectivity index (χ0v) is 13.8. The predicted molar refractivity (Wildman–Crippen MR) is 90.3 cm³/mol. The molecule has 0 heterocycles. The Hall–Kier alpha value is -2.73. The molecule has 0 aliphatic heterocycles.